The molecule has 0 fully saturated rings. The summed E-state index contributed by atoms with van der Waals surface area (Å²) in [6, 6.07) is 2.96. The number of nitrogens with one attached hydrogen (secondary N) is 4. The molecule has 2 aromatic heterocycles. The van der Waals surface area contributed by atoms with Crippen LogP contribution in [-0.2, 0) is 4.79 Å². The van der Waals surface area contributed by atoms with Gasteiger partial charge in [-0.15, -0.1) is 16.4 Å². The van der Waals surface area contributed by atoms with Gasteiger partial charge in [-0.05, 0) is 18.4 Å². The van der Waals surface area contributed by atoms with Crippen molar-refractivity contribution in [2.75, 3.05) is 5.32 Å². The second kappa shape index (κ2) is 6.61. The number of aromatic nitrogens is 3. The van der Waals surface area contributed by atoms with E-state index in [1.807, 2.05) is 22.5 Å². The Morgan fingerprint density at radius 1 is 1.52 bits per heavy atom. The molecule has 21 heavy (non-hydrogen) atoms. The van der Waals surface area contributed by atoms with Crippen molar-refractivity contribution in [1.82, 2.24) is 20.6 Å². The van der Waals surface area contributed by atoms with Crippen LogP contribution in [0.1, 0.15) is 11.8 Å². The SMILES string of the molecule is CC(Nc1n[nH]c(=O)[nH]c1=O)C(=O)NN=Cc1cccs1. The molecule has 2 aromatic rings. The molecule has 1 amide bonds. The standard InChI is InChI=1S/C11H12N6O3S/c1-6(13-8-10(19)14-11(20)17-15-8)9(18)16-12-5-7-3-2-4-21-7/h2-6H,1H3,(H,13,15)(H,16,18)(H2,14,17,19,20). The van der Waals surface area contributed by atoms with Gasteiger partial charge in [-0.1, -0.05) is 6.07 Å². The molecule has 9 nitrogen and oxygen atoms in total. The molecule has 0 saturated carbocycles. The molecule has 1 atom stereocenters. The van der Waals surface area contributed by atoms with Gasteiger partial charge in [0.1, 0.15) is 6.04 Å². The molecule has 2 rings (SSSR count). The highest BCUT2D eigenvalue weighted by molar-refractivity contribution is 7.11. The van der Waals surface area contributed by atoms with Crippen LogP contribution in [0.4, 0.5) is 5.82 Å². The van der Waals surface area contributed by atoms with E-state index in [9.17, 15) is 14.4 Å². The summed E-state index contributed by atoms with van der Waals surface area (Å²) >= 11 is 1.48. The number of hydrogen-bond donors (Lipinski definition) is 4. The summed E-state index contributed by atoms with van der Waals surface area (Å²) in [5.41, 5.74) is 0.907. The molecule has 0 radical (unpaired) electrons. The number of thiophene rings is 1. The van der Waals surface area contributed by atoms with Gasteiger partial charge in [0.05, 0.1) is 6.21 Å². The zero-order valence-corrected chi connectivity index (χ0v) is 11.7. The number of H-pyrrole nitrogens is 2. The van der Waals surface area contributed by atoms with E-state index in [-0.39, 0.29) is 5.82 Å². The third-order valence-electron chi connectivity index (χ3n) is 2.37. The summed E-state index contributed by atoms with van der Waals surface area (Å²) in [5.74, 6) is -0.602. The Morgan fingerprint density at radius 2 is 2.33 bits per heavy atom. The van der Waals surface area contributed by atoms with Crippen LogP contribution in [0.2, 0.25) is 0 Å². The highest BCUT2D eigenvalue weighted by atomic mass is 32.1. The number of anilines is 1. The highest BCUT2D eigenvalue weighted by Crippen LogP contribution is 2.04. The monoisotopic (exact) mass is 308 g/mol. The highest BCUT2D eigenvalue weighted by Gasteiger charge is 2.14. The maximum atomic E-state index is 11.8. The zero-order chi connectivity index (χ0) is 15.2. The predicted octanol–water partition coefficient (Wildman–Crippen LogP) is -0.530. The van der Waals surface area contributed by atoms with Crippen LogP contribution < -0.4 is 22.0 Å². The molecule has 0 aliphatic heterocycles. The lowest BCUT2D eigenvalue weighted by Crippen LogP contribution is -2.38. The fourth-order valence-corrected chi connectivity index (χ4v) is 1.92. The summed E-state index contributed by atoms with van der Waals surface area (Å²) in [6.45, 7) is 1.53. The molecule has 110 valence electrons. The number of hydrazone groups is 1. The smallest absolute Gasteiger partial charge is 0.342 e. The van der Waals surface area contributed by atoms with Crippen LogP contribution in [0, 0.1) is 0 Å². The van der Waals surface area contributed by atoms with Gasteiger partial charge in [0.2, 0.25) is 5.82 Å². The van der Waals surface area contributed by atoms with E-state index in [4.69, 9.17) is 0 Å². The number of amides is 1. The number of rotatable bonds is 5. The normalized spacial score (nSPS) is 12.2. The maximum absolute atomic E-state index is 11.8. The van der Waals surface area contributed by atoms with Gasteiger partial charge in [-0.3, -0.25) is 14.6 Å². The van der Waals surface area contributed by atoms with Crippen LogP contribution in [0.15, 0.2) is 32.2 Å². The minimum absolute atomic E-state index is 0.153. The summed E-state index contributed by atoms with van der Waals surface area (Å²) in [6.07, 6.45) is 1.51. The first kappa shape index (κ1) is 14.7. The molecule has 4 N–H and O–H groups in total. The van der Waals surface area contributed by atoms with Crippen LogP contribution in [0.25, 0.3) is 0 Å². The van der Waals surface area contributed by atoms with Crippen molar-refractivity contribution in [3.05, 3.63) is 43.2 Å². The molecule has 0 bridgehead atoms. The lowest BCUT2D eigenvalue weighted by Gasteiger charge is -2.10. The fraction of sp³-hybridized carbons (Fsp3) is 0.182. The second-order valence-corrected chi connectivity index (χ2v) is 4.95. The minimum Gasteiger partial charge on any atom is -0.353 e. The minimum atomic E-state index is -0.759. The average molecular weight is 308 g/mol. The molecular weight excluding hydrogens is 296 g/mol. The largest absolute Gasteiger partial charge is 0.353 e. The van der Waals surface area contributed by atoms with Gasteiger partial charge in [-0.2, -0.15) is 5.10 Å². The van der Waals surface area contributed by atoms with E-state index in [0.29, 0.717) is 0 Å². The number of nitrogens with zero attached hydrogens (tertiary/aromatic N) is 2. The first-order valence-electron chi connectivity index (χ1n) is 5.88. The van der Waals surface area contributed by atoms with Crippen molar-refractivity contribution in [2.24, 2.45) is 5.10 Å². The molecular formula is C11H12N6O3S. The Kier molecular flexibility index (Phi) is 4.61. The van der Waals surface area contributed by atoms with Gasteiger partial charge < -0.3 is 5.32 Å². The quantitative estimate of drug-likeness (QED) is 0.435. The molecule has 0 spiro atoms. The van der Waals surface area contributed by atoms with Crippen molar-refractivity contribution in [1.29, 1.82) is 0 Å². The lowest BCUT2D eigenvalue weighted by atomic mass is 10.3. The first-order valence-corrected chi connectivity index (χ1v) is 6.76. The number of carbonyl (C=O) groups excluding carboxylic acids is 1. The average Bonchev–Trinajstić information content (AvgIpc) is 2.95. The predicted molar refractivity (Wildman–Crippen MR) is 78.6 cm³/mol. The van der Waals surface area contributed by atoms with Crippen molar-refractivity contribution in [3.8, 4) is 0 Å². The van der Waals surface area contributed by atoms with Gasteiger partial charge in [-0.25, -0.2) is 15.3 Å². The van der Waals surface area contributed by atoms with Crippen molar-refractivity contribution < 1.29 is 4.79 Å². The Morgan fingerprint density at radius 3 is 3.00 bits per heavy atom. The van der Waals surface area contributed by atoms with E-state index < -0.39 is 23.2 Å². The van der Waals surface area contributed by atoms with Crippen LogP contribution in [-0.4, -0.2) is 33.3 Å². The zero-order valence-electron chi connectivity index (χ0n) is 10.9. The molecule has 2 heterocycles. The van der Waals surface area contributed by atoms with Crippen molar-refractivity contribution in [2.45, 2.75) is 13.0 Å². The molecule has 10 heteroatoms. The summed E-state index contributed by atoms with van der Waals surface area (Å²) in [5, 5.41) is 13.8. The fourth-order valence-electron chi connectivity index (χ4n) is 1.34. The molecule has 0 saturated heterocycles. The summed E-state index contributed by atoms with van der Waals surface area (Å²) in [4.78, 5) is 36.9. The maximum Gasteiger partial charge on any atom is 0.342 e. The number of hydrogen-bond acceptors (Lipinski definition) is 7. The topological polar surface area (TPSA) is 132 Å². The summed E-state index contributed by atoms with van der Waals surface area (Å²) < 4.78 is 0. The van der Waals surface area contributed by atoms with Gasteiger partial charge >= 0.3 is 5.69 Å². The van der Waals surface area contributed by atoms with E-state index in [0.717, 1.165) is 4.88 Å². The van der Waals surface area contributed by atoms with E-state index in [2.05, 4.69) is 26.0 Å². The first-order chi connectivity index (χ1) is 10.1. The Labute approximate surface area is 122 Å². The lowest BCUT2D eigenvalue weighted by molar-refractivity contribution is -0.121. The third kappa shape index (κ3) is 4.11. The summed E-state index contributed by atoms with van der Waals surface area (Å²) in [7, 11) is 0. The van der Waals surface area contributed by atoms with Gasteiger partial charge in [0, 0.05) is 4.88 Å². The number of aromatic amines is 2. The van der Waals surface area contributed by atoms with E-state index in [1.165, 1.54) is 24.5 Å². The third-order valence-corrected chi connectivity index (χ3v) is 3.17. The van der Waals surface area contributed by atoms with E-state index >= 15 is 0 Å². The Balaban J connectivity index is 1.93. The molecule has 0 aliphatic rings. The second-order valence-electron chi connectivity index (χ2n) is 3.97. The van der Waals surface area contributed by atoms with Crippen LogP contribution >= 0.6 is 11.3 Å². The van der Waals surface area contributed by atoms with Crippen LogP contribution in [0.5, 0.6) is 0 Å². The molecule has 0 aliphatic carbocycles. The number of carbonyl (C=O) groups is 1. The van der Waals surface area contributed by atoms with Crippen LogP contribution in [0.3, 0.4) is 0 Å². The molecule has 1 unspecified atom stereocenters. The van der Waals surface area contributed by atoms with Gasteiger partial charge in [0.25, 0.3) is 11.5 Å². The van der Waals surface area contributed by atoms with Crippen molar-refractivity contribution in [3.63, 3.8) is 0 Å². The van der Waals surface area contributed by atoms with Gasteiger partial charge in [0.15, 0.2) is 0 Å². The molecule has 0 aromatic carbocycles. The van der Waals surface area contributed by atoms with E-state index in [1.54, 1.807) is 0 Å². The Bertz CT molecular complexity index is 748. The van der Waals surface area contributed by atoms with Crippen molar-refractivity contribution >= 4 is 29.3 Å². The Hall–Kier alpha value is -2.75.